The van der Waals surface area contributed by atoms with Gasteiger partial charge in [-0.05, 0) is 37.1 Å². The van der Waals surface area contributed by atoms with Crippen molar-refractivity contribution < 1.29 is 9.63 Å². The number of hydroxylamine groups is 1. The van der Waals surface area contributed by atoms with E-state index < -0.39 is 0 Å². The predicted octanol–water partition coefficient (Wildman–Crippen LogP) is 1.78. The van der Waals surface area contributed by atoms with E-state index in [0.29, 0.717) is 19.1 Å². The molecule has 2 aliphatic heterocycles. The van der Waals surface area contributed by atoms with Gasteiger partial charge in [-0.2, -0.15) is 5.06 Å². The van der Waals surface area contributed by atoms with Gasteiger partial charge < -0.3 is 5.32 Å². The van der Waals surface area contributed by atoms with Crippen molar-refractivity contribution >= 4 is 11.6 Å². The quantitative estimate of drug-likeness (QED) is 0.845. The number of rotatable bonds is 2. The fourth-order valence-electron chi connectivity index (χ4n) is 2.45. The Morgan fingerprint density at radius 2 is 2.35 bits per heavy atom. The molecule has 2 saturated heterocycles. The van der Waals surface area contributed by atoms with E-state index in [4.69, 9.17) is 4.84 Å². The molecule has 1 N–H and O–H groups in total. The lowest BCUT2D eigenvalue weighted by atomic mass is 10.0. The summed E-state index contributed by atoms with van der Waals surface area (Å²) >= 11 is 0. The molecule has 0 radical (unpaired) electrons. The number of amides is 1. The van der Waals surface area contributed by atoms with Gasteiger partial charge >= 0.3 is 0 Å². The maximum absolute atomic E-state index is 11.6. The van der Waals surface area contributed by atoms with E-state index in [0.717, 1.165) is 18.7 Å². The zero-order valence-electron chi connectivity index (χ0n) is 9.69. The van der Waals surface area contributed by atoms with Crippen molar-refractivity contribution in [2.45, 2.75) is 25.3 Å². The molecule has 0 saturated carbocycles. The predicted molar refractivity (Wildman–Crippen MR) is 64.5 cm³/mol. The van der Waals surface area contributed by atoms with E-state index >= 15 is 0 Å². The molecule has 0 bridgehead atoms. The molecule has 2 heterocycles. The number of carbonyl (C=O) groups is 1. The molecule has 0 aromatic heterocycles. The molecule has 4 nitrogen and oxygen atoms in total. The first-order valence-electron chi connectivity index (χ1n) is 6.14. The lowest BCUT2D eigenvalue weighted by Gasteiger charge is -2.17. The fourth-order valence-corrected chi connectivity index (χ4v) is 2.45. The number of anilines is 1. The maximum Gasteiger partial charge on any atom is 0.253 e. The summed E-state index contributed by atoms with van der Waals surface area (Å²) in [5, 5.41) is 4.87. The summed E-state index contributed by atoms with van der Waals surface area (Å²) in [5.41, 5.74) is 2.09. The van der Waals surface area contributed by atoms with Crippen molar-refractivity contribution in [2.75, 3.05) is 18.2 Å². The van der Waals surface area contributed by atoms with E-state index in [1.54, 1.807) is 0 Å². The third-order valence-corrected chi connectivity index (χ3v) is 3.33. The van der Waals surface area contributed by atoms with Gasteiger partial charge in [0.2, 0.25) is 0 Å². The summed E-state index contributed by atoms with van der Waals surface area (Å²) in [6.45, 7) is 1.57. The third kappa shape index (κ3) is 2.06. The number of carbonyl (C=O) groups excluding carboxylic acids is 1. The highest BCUT2D eigenvalue weighted by atomic mass is 16.7. The van der Waals surface area contributed by atoms with Crippen LogP contribution in [-0.2, 0) is 9.63 Å². The summed E-state index contributed by atoms with van der Waals surface area (Å²) < 4.78 is 0. The summed E-state index contributed by atoms with van der Waals surface area (Å²) in [6.07, 6.45) is 2.86. The van der Waals surface area contributed by atoms with E-state index in [-0.39, 0.29) is 5.91 Å². The van der Waals surface area contributed by atoms with Crippen LogP contribution < -0.4 is 10.4 Å². The normalized spacial score (nSPS) is 24.6. The van der Waals surface area contributed by atoms with Crippen molar-refractivity contribution in [3.63, 3.8) is 0 Å². The molecule has 1 atom stereocenters. The number of nitrogens with zero attached hydrogens (tertiary/aromatic N) is 1. The number of nitrogens with one attached hydrogen (secondary N) is 1. The minimum absolute atomic E-state index is 0.0431. The maximum atomic E-state index is 11.6. The second-order valence-electron chi connectivity index (χ2n) is 4.52. The minimum Gasteiger partial charge on any atom is -0.310 e. The van der Waals surface area contributed by atoms with Crippen LogP contribution in [0.4, 0.5) is 5.69 Å². The Hall–Kier alpha value is -1.39. The largest absolute Gasteiger partial charge is 0.310 e. The first-order chi connectivity index (χ1) is 8.34. The van der Waals surface area contributed by atoms with Crippen LogP contribution >= 0.6 is 0 Å². The lowest BCUT2D eigenvalue weighted by molar-refractivity contribution is -0.119. The number of hydrogen-bond donors (Lipinski definition) is 1. The van der Waals surface area contributed by atoms with E-state index in [1.807, 2.05) is 18.2 Å². The van der Waals surface area contributed by atoms with Gasteiger partial charge in [-0.1, -0.05) is 12.1 Å². The topological polar surface area (TPSA) is 41.6 Å². The monoisotopic (exact) mass is 232 g/mol. The smallest absolute Gasteiger partial charge is 0.253 e. The van der Waals surface area contributed by atoms with Gasteiger partial charge in [0, 0.05) is 6.04 Å². The Labute approximate surface area is 101 Å². The van der Waals surface area contributed by atoms with Gasteiger partial charge in [0.05, 0.1) is 18.7 Å². The molecule has 1 aromatic rings. The molecule has 3 rings (SSSR count). The Morgan fingerprint density at radius 3 is 3.06 bits per heavy atom. The molecule has 1 aromatic carbocycles. The second-order valence-corrected chi connectivity index (χ2v) is 4.52. The molecular weight excluding hydrogens is 216 g/mol. The second kappa shape index (κ2) is 4.47. The Balaban J connectivity index is 1.85. The van der Waals surface area contributed by atoms with Crippen molar-refractivity contribution in [1.82, 2.24) is 5.32 Å². The first-order valence-corrected chi connectivity index (χ1v) is 6.14. The lowest BCUT2D eigenvalue weighted by Crippen LogP contribution is -2.22. The highest BCUT2D eigenvalue weighted by Crippen LogP contribution is 2.28. The van der Waals surface area contributed by atoms with Crippen LogP contribution in [0.3, 0.4) is 0 Å². The fraction of sp³-hybridized carbons (Fsp3) is 0.462. The molecule has 2 fully saturated rings. The highest BCUT2D eigenvalue weighted by molar-refractivity contribution is 5.92. The molecule has 90 valence electrons. The highest BCUT2D eigenvalue weighted by Gasteiger charge is 2.24. The summed E-state index contributed by atoms with van der Waals surface area (Å²) in [7, 11) is 0. The zero-order valence-corrected chi connectivity index (χ0v) is 9.69. The Morgan fingerprint density at radius 1 is 1.41 bits per heavy atom. The summed E-state index contributed by atoms with van der Waals surface area (Å²) in [6, 6.07) is 8.48. The molecule has 0 aliphatic carbocycles. The van der Waals surface area contributed by atoms with Crippen molar-refractivity contribution in [1.29, 1.82) is 0 Å². The van der Waals surface area contributed by atoms with Crippen LogP contribution in [0.1, 0.15) is 30.9 Å². The van der Waals surface area contributed by atoms with Crippen LogP contribution in [-0.4, -0.2) is 19.1 Å². The Bertz CT molecular complexity index is 427. The SMILES string of the molecule is O=C1CCON1c1cccc(C2CCCN2)c1. The number of hydrogen-bond acceptors (Lipinski definition) is 3. The van der Waals surface area contributed by atoms with Crippen molar-refractivity contribution in [3.05, 3.63) is 29.8 Å². The number of benzene rings is 1. The van der Waals surface area contributed by atoms with Gasteiger partial charge in [-0.25, -0.2) is 0 Å². The Kier molecular flexibility index (Phi) is 2.82. The molecule has 1 unspecified atom stereocenters. The molecule has 0 spiro atoms. The van der Waals surface area contributed by atoms with Gasteiger partial charge in [0.25, 0.3) is 5.91 Å². The van der Waals surface area contributed by atoms with Gasteiger partial charge in [0.15, 0.2) is 0 Å². The standard InChI is InChI=1S/C13H16N2O2/c16-13-6-8-17-15(13)11-4-1-3-10(9-11)12-5-2-7-14-12/h1,3-4,9,12,14H,2,5-8H2. The van der Waals surface area contributed by atoms with Crippen molar-refractivity contribution in [2.24, 2.45) is 0 Å². The van der Waals surface area contributed by atoms with Crippen LogP contribution in [0.15, 0.2) is 24.3 Å². The average Bonchev–Trinajstić information content (AvgIpc) is 2.99. The van der Waals surface area contributed by atoms with Crippen LogP contribution in [0.2, 0.25) is 0 Å². The van der Waals surface area contributed by atoms with Crippen LogP contribution in [0.5, 0.6) is 0 Å². The molecule has 17 heavy (non-hydrogen) atoms. The zero-order chi connectivity index (χ0) is 11.7. The third-order valence-electron chi connectivity index (χ3n) is 3.33. The van der Waals surface area contributed by atoms with Crippen LogP contribution in [0, 0.1) is 0 Å². The summed E-state index contributed by atoms with van der Waals surface area (Å²) in [5.74, 6) is 0.0431. The molecule has 4 heteroatoms. The van der Waals surface area contributed by atoms with Crippen molar-refractivity contribution in [3.8, 4) is 0 Å². The first kappa shape index (κ1) is 10.7. The molecule has 1 amide bonds. The van der Waals surface area contributed by atoms with E-state index in [2.05, 4.69) is 11.4 Å². The molecule has 2 aliphatic rings. The average molecular weight is 232 g/mol. The van der Waals surface area contributed by atoms with E-state index in [1.165, 1.54) is 17.0 Å². The van der Waals surface area contributed by atoms with Gasteiger partial charge in [0.1, 0.15) is 0 Å². The van der Waals surface area contributed by atoms with Crippen LogP contribution in [0.25, 0.3) is 0 Å². The minimum atomic E-state index is 0.0431. The van der Waals surface area contributed by atoms with Gasteiger partial charge in [-0.3, -0.25) is 9.63 Å². The molecular formula is C13H16N2O2. The van der Waals surface area contributed by atoms with Gasteiger partial charge in [-0.15, -0.1) is 0 Å². The summed E-state index contributed by atoms with van der Waals surface area (Å²) in [4.78, 5) is 16.9. The van der Waals surface area contributed by atoms with E-state index in [9.17, 15) is 4.79 Å².